The molecule has 0 atom stereocenters. The average Bonchev–Trinajstić information content (AvgIpc) is 2.50. The molecule has 0 heterocycles. The maximum atomic E-state index is 12.8. The van der Waals surface area contributed by atoms with Crippen LogP contribution in [-0.4, -0.2) is 22.1 Å². The smallest absolute Gasteiger partial charge is 0.264 e. The summed E-state index contributed by atoms with van der Waals surface area (Å²) in [6, 6.07) is 13.6. The predicted octanol–water partition coefficient (Wildman–Crippen LogP) is 3.67. The molecule has 0 saturated carbocycles. The van der Waals surface area contributed by atoms with Crippen LogP contribution < -0.4 is 9.04 Å². The molecule has 0 amide bonds. The van der Waals surface area contributed by atoms with E-state index in [9.17, 15) is 8.42 Å². The van der Waals surface area contributed by atoms with Crippen molar-refractivity contribution in [3.8, 4) is 5.75 Å². The summed E-state index contributed by atoms with van der Waals surface area (Å²) in [5.41, 5.74) is 0.621. The number of nitrogens with zero attached hydrogens (tertiary/aromatic N) is 1. The second-order valence-corrected chi connectivity index (χ2v) is 7.01. The van der Waals surface area contributed by atoms with Crippen molar-refractivity contribution < 1.29 is 13.2 Å². The van der Waals surface area contributed by atoms with Gasteiger partial charge in [-0.3, -0.25) is 4.31 Å². The largest absolute Gasteiger partial charge is 0.497 e. The summed E-state index contributed by atoms with van der Waals surface area (Å²) < 4.78 is 32.7. The van der Waals surface area contributed by atoms with Crippen molar-refractivity contribution >= 4 is 31.6 Å². The van der Waals surface area contributed by atoms with E-state index in [2.05, 4.69) is 15.9 Å². The Hall–Kier alpha value is -1.53. The molecule has 4 nitrogen and oxygen atoms in total. The number of benzene rings is 2. The zero-order valence-electron chi connectivity index (χ0n) is 11.8. The predicted molar refractivity (Wildman–Crippen MR) is 87.3 cm³/mol. The van der Waals surface area contributed by atoms with Crippen LogP contribution in [0.5, 0.6) is 5.75 Å². The Kier molecular flexibility index (Phi) is 4.90. The molecule has 21 heavy (non-hydrogen) atoms. The number of anilines is 1. The first-order chi connectivity index (χ1) is 10.0. The molecule has 2 rings (SSSR count). The molecule has 112 valence electrons. The third kappa shape index (κ3) is 3.22. The number of rotatable bonds is 5. The van der Waals surface area contributed by atoms with Crippen LogP contribution in [0, 0.1) is 0 Å². The molecule has 2 aromatic rings. The third-order valence-corrected chi connectivity index (χ3v) is 5.63. The molecule has 0 N–H and O–H groups in total. The van der Waals surface area contributed by atoms with Crippen molar-refractivity contribution in [1.82, 2.24) is 0 Å². The number of sulfonamides is 1. The van der Waals surface area contributed by atoms with Crippen molar-refractivity contribution in [2.24, 2.45) is 0 Å². The molecule has 0 aliphatic rings. The lowest BCUT2D eigenvalue weighted by molar-refractivity contribution is 0.414. The van der Waals surface area contributed by atoms with Gasteiger partial charge in [0, 0.05) is 11.0 Å². The molecule has 6 heteroatoms. The van der Waals surface area contributed by atoms with E-state index in [4.69, 9.17) is 4.74 Å². The van der Waals surface area contributed by atoms with Gasteiger partial charge >= 0.3 is 0 Å². The molecule has 0 unspecified atom stereocenters. The van der Waals surface area contributed by atoms with Crippen molar-refractivity contribution in [1.29, 1.82) is 0 Å². The molecule has 0 radical (unpaired) electrons. The molecule has 0 spiro atoms. The topological polar surface area (TPSA) is 46.6 Å². The SMILES string of the molecule is CCN(c1ccccc1Br)S(=O)(=O)c1ccc(OC)cc1. The highest BCUT2D eigenvalue weighted by Gasteiger charge is 2.24. The Balaban J connectivity index is 2.47. The van der Waals surface area contributed by atoms with Crippen molar-refractivity contribution in [2.75, 3.05) is 18.0 Å². The van der Waals surface area contributed by atoms with Gasteiger partial charge in [0.1, 0.15) is 5.75 Å². The van der Waals surface area contributed by atoms with E-state index in [-0.39, 0.29) is 4.90 Å². The number of para-hydroxylation sites is 1. The van der Waals surface area contributed by atoms with Gasteiger partial charge in [0.25, 0.3) is 10.0 Å². The second kappa shape index (κ2) is 6.49. The zero-order valence-corrected chi connectivity index (χ0v) is 14.2. The Morgan fingerprint density at radius 2 is 1.71 bits per heavy atom. The maximum absolute atomic E-state index is 12.8. The zero-order chi connectivity index (χ0) is 15.5. The lowest BCUT2D eigenvalue weighted by atomic mass is 10.3. The van der Waals surface area contributed by atoms with E-state index in [0.29, 0.717) is 18.0 Å². The van der Waals surface area contributed by atoms with Gasteiger partial charge < -0.3 is 4.74 Å². The third-order valence-electron chi connectivity index (χ3n) is 3.06. The lowest BCUT2D eigenvalue weighted by Gasteiger charge is -2.24. The fourth-order valence-corrected chi connectivity index (χ4v) is 4.11. The van der Waals surface area contributed by atoms with E-state index in [1.165, 1.54) is 4.31 Å². The van der Waals surface area contributed by atoms with Crippen LogP contribution in [0.4, 0.5) is 5.69 Å². The van der Waals surface area contributed by atoms with E-state index < -0.39 is 10.0 Å². The minimum absolute atomic E-state index is 0.237. The molecule has 2 aromatic carbocycles. The minimum Gasteiger partial charge on any atom is -0.497 e. The molecule has 0 aliphatic carbocycles. The van der Waals surface area contributed by atoms with E-state index in [1.54, 1.807) is 44.4 Å². The standard InChI is InChI=1S/C15H16BrNO3S/c1-3-17(15-7-5-4-6-14(15)16)21(18,19)13-10-8-12(20-2)9-11-13/h4-11H,3H2,1-2H3. The van der Waals surface area contributed by atoms with Crippen molar-refractivity contribution in [3.05, 3.63) is 53.0 Å². The van der Waals surface area contributed by atoms with Crippen LogP contribution in [-0.2, 0) is 10.0 Å². The van der Waals surface area contributed by atoms with Crippen LogP contribution in [0.25, 0.3) is 0 Å². The average molecular weight is 370 g/mol. The highest BCUT2D eigenvalue weighted by Crippen LogP contribution is 2.30. The summed E-state index contributed by atoms with van der Waals surface area (Å²) >= 11 is 3.40. The Bertz CT molecular complexity index is 714. The molecular formula is C15H16BrNO3S. The summed E-state index contributed by atoms with van der Waals surface area (Å²) in [6.07, 6.45) is 0. The molecule has 0 saturated heterocycles. The van der Waals surface area contributed by atoms with Gasteiger partial charge in [0.2, 0.25) is 0 Å². The molecule has 0 aromatic heterocycles. The Morgan fingerprint density at radius 1 is 1.10 bits per heavy atom. The molecule has 0 aliphatic heterocycles. The highest BCUT2D eigenvalue weighted by atomic mass is 79.9. The van der Waals surface area contributed by atoms with Crippen molar-refractivity contribution in [2.45, 2.75) is 11.8 Å². The van der Waals surface area contributed by atoms with E-state index >= 15 is 0 Å². The number of hydrogen-bond donors (Lipinski definition) is 0. The lowest BCUT2D eigenvalue weighted by Crippen LogP contribution is -2.31. The van der Waals surface area contributed by atoms with Gasteiger partial charge in [0.15, 0.2) is 0 Å². The first-order valence-electron chi connectivity index (χ1n) is 6.42. The summed E-state index contributed by atoms with van der Waals surface area (Å²) in [7, 11) is -2.06. The van der Waals surface area contributed by atoms with Crippen molar-refractivity contribution in [3.63, 3.8) is 0 Å². The van der Waals surface area contributed by atoms with Gasteiger partial charge in [0.05, 0.1) is 17.7 Å². The monoisotopic (exact) mass is 369 g/mol. The van der Waals surface area contributed by atoms with Gasteiger partial charge in [-0.15, -0.1) is 0 Å². The van der Waals surface area contributed by atoms with Crippen LogP contribution in [0.1, 0.15) is 6.92 Å². The maximum Gasteiger partial charge on any atom is 0.264 e. The van der Waals surface area contributed by atoms with Gasteiger partial charge in [-0.1, -0.05) is 12.1 Å². The Morgan fingerprint density at radius 3 is 2.24 bits per heavy atom. The first kappa shape index (κ1) is 15.9. The summed E-state index contributed by atoms with van der Waals surface area (Å²) in [5.74, 6) is 0.623. The van der Waals surface area contributed by atoms with E-state index in [1.807, 2.05) is 18.2 Å². The van der Waals surface area contributed by atoms with Gasteiger partial charge in [-0.25, -0.2) is 8.42 Å². The summed E-state index contributed by atoms with van der Waals surface area (Å²) in [5, 5.41) is 0. The number of halogens is 1. The van der Waals surface area contributed by atoms with Crippen LogP contribution in [0.2, 0.25) is 0 Å². The second-order valence-electron chi connectivity index (χ2n) is 4.30. The molecule has 0 fully saturated rings. The molecule has 0 bridgehead atoms. The van der Waals surface area contributed by atoms with Gasteiger partial charge in [-0.05, 0) is 59.3 Å². The molecular weight excluding hydrogens is 354 g/mol. The van der Waals surface area contributed by atoms with Crippen LogP contribution >= 0.6 is 15.9 Å². The minimum atomic E-state index is -3.60. The quantitative estimate of drug-likeness (QED) is 0.807. The first-order valence-corrected chi connectivity index (χ1v) is 8.65. The summed E-state index contributed by atoms with van der Waals surface area (Å²) in [6.45, 7) is 2.15. The Labute approximate surface area is 133 Å². The van der Waals surface area contributed by atoms with Crippen LogP contribution in [0.15, 0.2) is 57.9 Å². The fourth-order valence-electron chi connectivity index (χ4n) is 2.00. The fraction of sp³-hybridized carbons (Fsp3) is 0.200. The number of methoxy groups -OCH3 is 1. The van der Waals surface area contributed by atoms with Gasteiger partial charge in [-0.2, -0.15) is 0 Å². The number of ether oxygens (including phenoxy) is 1. The summed E-state index contributed by atoms with van der Waals surface area (Å²) in [4.78, 5) is 0.237. The van der Waals surface area contributed by atoms with Crippen LogP contribution in [0.3, 0.4) is 0 Å². The number of hydrogen-bond acceptors (Lipinski definition) is 3. The normalized spacial score (nSPS) is 11.2. The highest BCUT2D eigenvalue weighted by molar-refractivity contribution is 9.10. The van der Waals surface area contributed by atoms with E-state index in [0.717, 1.165) is 4.47 Å².